The highest BCUT2D eigenvalue weighted by atomic mass is 16.2. The summed E-state index contributed by atoms with van der Waals surface area (Å²) in [6.07, 6.45) is 0.796. The van der Waals surface area contributed by atoms with Crippen molar-refractivity contribution >= 4 is 17.5 Å². The molecule has 0 saturated carbocycles. The summed E-state index contributed by atoms with van der Waals surface area (Å²) in [5.74, 6) is -0.348. The van der Waals surface area contributed by atoms with Crippen molar-refractivity contribution in [3.8, 4) is 0 Å². The van der Waals surface area contributed by atoms with E-state index < -0.39 is 0 Å². The molecule has 5 nitrogen and oxygen atoms in total. The van der Waals surface area contributed by atoms with Crippen LogP contribution in [0.3, 0.4) is 0 Å². The molecular formula is C14H21N3O2. The second-order valence-electron chi connectivity index (χ2n) is 4.47. The summed E-state index contributed by atoms with van der Waals surface area (Å²) in [5, 5.41) is 2.52. The maximum atomic E-state index is 12.3. The van der Waals surface area contributed by atoms with Crippen LogP contribution in [-0.4, -0.2) is 36.9 Å². The average Bonchev–Trinajstić information content (AvgIpc) is 2.40. The first kappa shape index (κ1) is 15.0. The molecule has 0 saturated heterocycles. The third-order valence-corrected chi connectivity index (χ3v) is 2.92. The molecule has 0 aliphatic heterocycles. The molecule has 0 aliphatic rings. The van der Waals surface area contributed by atoms with Gasteiger partial charge in [0.1, 0.15) is 0 Å². The van der Waals surface area contributed by atoms with E-state index >= 15 is 0 Å². The molecule has 2 amide bonds. The molecule has 0 aliphatic carbocycles. The minimum Gasteiger partial charge on any atom is -0.398 e. The fourth-order valence-electron chi connectivity index (χ4n) is 1.73. The van der Waals surface area contributed by atoms with Gasteiger partial charge >= 0.3 is 0 Å². The Hall–Kier alpha value is -2.04. The zero-order valence-electron chi connectivity index (χ0n) is 11.7. The van der Waals surface area contributed by atoms with Crippen LogP contribution in [0.2, 0.25) is 0 Å². The van der Waals surface area contributed by atoms with Crippen molar-refractivity contribution in [2.75, 3.05) is 25.9 Å². The molecule has 0 heterocycles. The first-order valence-electron chi connectivity index (χ1n) is 6.35. The van der Waals surface area contributed by atoms with Crippen molar-refractivity contribution in [2.24, 2.45) is 0 Å². The third kappa shape index (κ3) is 3.98. The molecule has 0 radical (unpaired) electrons. The Balaban J connectivity index is 2.91. The maximum absolute atomic E-state index is 12.3. The van der Waals surface area contributed by atoms with Crippen molar-refractivity contribution in [1.82, 2.24) is 10.2 Å². The second-order valence-corrected chi connectivity index (χ2v) is 4.47. The number of hydrogen-bond donors (Lipinski definition) is 2. The van der Waals surface area contributed by atoms with Crippen LogP contribution >= 0.6 is 0 Å². The van der Waals surface area contributed by atoms with Crippen LogP contribution in [-0.2, 0) is 4.79 Å². The molecule has 1 aromatic rings. The van der Waals surface area contributed by atoms with E-state index in [0.29, 0.717) is 17.8 Å². The minimum atomic E-state index is -0.179. The van der Waals surface area contributed by atoms with Crippen LogP contribution in [0.1, 0.15) is 29.3 Å². The summed E-state index contributed by atoms with van der Waals surface area (Å²) in [6.45, 7) is 4.46. The number of benzene rings is 1. The zero-order chi connectivity index (χ0) is 14.4. The number of nitrogens with two attached hydrogens (primary N) is 1. The lowest BCUT2D eigenvalue weighted by Crippen LogP contribution is -2.40. The molecule has 104 valence electrons. The summed E-state index contributed by atoms with van der Waals surface area (Å²) in [4.78, 5) is 25.3. The number of carbonyl (C=O) groups excluding carboxylic acids is 2. The van der Waals surface area contributed by atoms with Gasteiger partial charge in [-0.15, -0.1) is 0 Å². The lowest BCUT2D eigenvalue weighted by molar-refractivity contribution is -0.121. The van der Waals surface area contributed by atoms with Crippen LogP contribution in [0.15, 0.2) is 18.2 Å². The van der Waals surface area contributed by atoms with Gasteiger partial charge in [0.05, 0.1) is 6.54 Å². The molecule has 3 N–H and O–H groups in total. The van der Waals surface area contributed by atoms with Gasteiger partial charge in [-0.25, -0.2) is 0 Å². The van der Waals surface area contributed by atoms with E-state index in [1.165, 1.54) is 4.90 Å². The summed E-state index contributed by atoms with van der Waals surface area (Å²) >= 11 is 0. The van der Waals surface area contributed by atoms with Gasteiger partial charge in [0.15, 0.2) is 0 Å². The molecular weight excluding hydrogens is 242 g/mol. The van der Waals surface area contributed by atoms with Crippen LogP contribution in [0.25, 0.3) is 0 Å². The fourth-order valence-corrected chi connectivity index (χ4v) is 1.73. The lowest BCUT2D eigenvalue weighted by Gasteiger charge is -2.21. The van der Waals surface area contributed by atoms with Gasteiger partial charge in [0.25, 0.3) is 5.91 Å². The number of nitrogen functional groups attached to an aromatic ring is 1. The van der Waals surface area contributed by atoms with E-state index in [4.69, 9.17) is 5.73 Å². The number of hydrogen-bond acceptors (Lipinski definition) is 3. The SMILES string of the molecule is CCCN(CC(=O)NC)C(=O)c1ccc(C)c(N)c1. The smallest absolute Gasteiger partial charge is 0.254 e. The molecule has 19 heavy (non-hydrogen) atoms. The van der Waals surface area contributed by atoms with Gasteiger partial charge in [-0.3, -0.25) is 9.59 Å². The van der Waals surface area contributed by atoms with E-state index in [1.807, 2.05) is 19.9 Å². The number of nitrogens with one attached hydrogen (secondary N) is 1. The molecule has 0 spiro atoms. The van der Waals surface area contributed by atoms with Gasteiger partial charge < -0.3 is 16.0 Å². The highest BCUT2D eigenvalue weighted by Gasteiger charge is 2.17. The van der Waals surface area contributed by atoms with Crippen LogP contribution in [0.5, 0.6) is 0 Å². The number of carbonyl (C=O) groups is 2. The normalized spacial score (nSPS) is 10.1. The first-order chi connectivity index (χ1) is 8.99. The summed E-state index contributed by atoms with van der Waals surface area (Å²) in [5.41, 5.74) is 7.84. The number of likely N-dealkylation sites (N-methyl/N-ethyl adjacent to an activating group) is 1. The Morgan fingerprint density at radius 1 is 1.37 bits per heavy atom. The number of aryl methyl sites for hydroxylation is 1. The van der Waals surface area contributed by atoms with E-state index in [0.717, 1.165) is 12.0 Å². The van der Waals surface area contributed by atoms with Crippen molar-refractivity contribution in [3.05, 3.63) is 29.3 Å². The van der Waals surface area contributed by atoms with Crippen molar-refractivity contribution in [3.63, 3.8) is 0 Å². The summed E-state index contributed by atoms with van der Waals surface area (Å²) in [6, 6.07) is 5.21. The van der Waals surface area contributed by atoms with Crippen molar-refractivity contribution < 1.29 is 9.59 Å². The van der Waals surface area contributed by atoms with Gasteiger partial charge in [0, 0.05) is 24.8 Å². The quantitative estimate of drug-likeness (QED) is 0.783. The van der Waals surface area contributed by atoms with Crippen LogP contribution in [0, 0.1) is 6.92 Å². The van der Waals surface area contributed by atoms with Gasteiger partial charge in [-0.1, -0.05) is 13.0 Å². The number of anilines is 1. The fraction of sp³-hybridized carbons (Fsp3) is 0.429. The number of amides is 2. The topological polar surface area (TPSA) is 75.4 Å². The van der Waals surface area contributed by atoms with Gasteiger partial charge in [0.2, 0.25) is 5.91 Å². The largest absolute Gasteiger partial charge is 0.398 e. The number of rotatable bonds is 5. The highest BCUT2D eigenvalue weighted by Crippen LogP contribution is 2.14. The summed E-state index contributed by atoms with van der Waals surface area (Å²) in [7, 11) is 1.56. The third-order valence-electron chi connectivity index (χ3n) is 2.92. The monoisotopic (exact) mass is 263 g/mol. The maximum Gasteiger partial charge on any atom is 0.254 e. The number of nitrogens with zero attached hydrogens (tertiary/aromatic N) is 1. The van der Waals surface area contributed by atoms with Gasteiger partial charge in [-0.2, -0.15) is 0 Å². The van der Waals surface area contributed by atoms with E-state index in [-0.39, 0.29) is 18.4 Å². The Morgan fingerprint density at radius 3 is 2.58 bits per heavy atom. The molecule has 0 bridgehead atoms. The average molecular weight is 263 g/mol. The second kappa shape index (κ2) is 6.78. The first-order valence-corrected chi connectivity index (χ1v) is 6.35. The predicted molar refractivity (Wildman–Crippen MR) is 75.9 cm³/mol. The molecule has 0 fully saturated rings. The zero-order valence-corrected chi connectivity index (χ0v) is 11.7. The van der Waals surface area contributed by atoms with Crippen LogP contribution < -0.4 is 11.1 Å². The van der Waals surface area contributed by atoms with E-state index in [9.17, 15) is 9.59 Å². The summed E-state index contributed by atoms with van der Waals surface area (Å²) < 4.78 is 0. The van der Waals surface area contributed by atoms with Crippen molar-refractivity contribution in [1.29, 1.82) is 0 Å². The van der Waals surface area contributed by atoms with E-state index in [2.05, 4.69) is 5.32 Å². The van der Waals surface area contributed by atoms with Crippen LogP contribution in [0.4, 0.5) is 5.69 Å². The highest BCUT2D eigenvalue weighted by molar-refractivity contribution is 5.97. The molecule has 0 unspecified atom stereocenters. The molecule has 1 rings (SSSR count). The molecule has 1 aromatic carbocycles. The Morgan fingerprint density at radius 2 is 2.05 bits per heavy atom. The minimum absolute atomic E-state index is 0.0664. The van der Waals surface area contributed by atoms with Crippen molar-refractivity contribution in [2.45, 2.75) is 20.3 Å². The Labute approximate surface area is 113 Å². The standard InChI is InChI=1S/C14H21N3O2/c1-4-7-17(9-13(18)16-3)14(19)11-6-5-10(2)12(15)8-11/h5-6,8H,4,7,9,15H2,1-3H3,(H,16,18). The van der Waals surface area contributed by atoms with E-state index in [1.54, 1.807) is 19.2 Å². The molecule has 5 heteroatoms. The Kier molecular flexibility index (Phi) is 5.36. The molecule has 0 atom stereocenters. The molecule has 0 aromatic heterocycles. The Bertz CT molecular complexity index is 472. The van der Waals surface area contributed by atoms with Gasteiger partial charge in [-0.05, 0) is 31.0 Å². The predicted octanol–water partition coefficient (Wildman–Crippen LogP) is 1.18. The lowest BCUT2D eigenvalue weighted by atomic mass is 10.1.